The van der Waals surface area contributed by atoms with Crippen LogP contribution in [0.15, 0.2) is 48.6 Å². The maximum Gasteiger partial charge on any atom is 0.306 e. The Bertz CT molecular complexity index is 828. The van der Waals surface area contributed by atoms with Gasteiger partial charge in [0.2, 0.25) is 0 Å². The van der Waals surface area contributed by atoms with Crippen molar-refractivity contribution in [2.45, 2.75) is 180 Å². The average Bonchev–Trinajstić information content (AvgIpc) is 3.07. The molecule has 2 N–H and O–H groups in total. The molecule has 0 aromatic heterocycles. The quantitative estimate of drug-likeness (QED) is 0.0395. The van der Waals surface area contributed by atoms with Crippen molar-refractivity contribution in [2.75, 3.05) is 19.8 Å². The first-order valence-electron chi connectivity index (χ1n) is 19.7. The van der Waals surface area contributed by atoms with Crippen molar-refractivity contribution in [1.82, 2.24) is 0 Å². The number of ether oxygens (including phenoxy) is 2. The van der Waals surface area contributed by atoms with Crippen molar-refractivity contribution in [2.24, 2.45) is 5.92 Å². The van der Waals surface area contributed by atoms with Crippen LogP contribution in [0.25, 0.3) is 0 Å². The second-order valence-corrected chi connectivity index (χ2v) is 13.6. The van der Waals surface area contributed by atoms with Gasteiger partial charge in [0.1, 0.15) is 6.61 Å². The fourth-order valence-electron chi connectivity index (χ4n) is 5.36. The Kier molecular flexibility index (Phi) is 35.9. The van der Waals surface area contributed by atoms with Gasteiger partial charge in [0.05, 0.1) is 6.61 Å². The number of carbonyl (C=O) groups is 2. The van der Waals surface area contributed by atoms with Gasteiger partial charge in [-0.05, 0) is 63.7 Å². The zero-order chi connectivity index (χ0) is 35.2. The third kappa shape index (κ3) is 36.7. The number of aliphatic hydroxyl groups is 2. The Labute approximate surface area is 295 Å². The van der Waals surface area contributed by atoms with Gasteiger partial charge < -0.3 is 19.7 Å². The number of hydrogen-bond acceptors (Lipinski definition) is 6. The Hall–Kier alpha value is -2.18. The Morgan fingerprint density at radius 3 is 1.46 bits per heavy atom. The van der Waals surface area contributed by atoms with Gasteiger partial charge in [0, 0.05) is 19.4 Å². The van der Waals surface area contributed by atoms with Crippen LogP contribution in [0, 0.1) is 5.92 Å². The zero-order valence-electron chi connectivity index (χ0n) is 31.1. The maximum absolute atomic E-state index is 12.2. The fourth-order valence-corrected chi connectivity index (χ4v) is 5.36. The summed E-state index contributed by atoms with van der Waals surface area (Å²) >= 11 is 0. The Morgan fingerprint density at radius 1 is 0.521 bits per heavy atom. The van der Waals surface area contributed by atoms with Crippen molar-refractivity contribution in [3.63, 3.8) is 0 Å². The summed E-state index contributed by atoms with van der Waals surface area (Å²) in [5, 5.41) is 18.3. The highest BCUT2D eigenvalue weighted by Gasteiger charge is 2.16. The highest BCUT2D eigenvalue weighted by molar-refractivity contribution is 5.70. The minimum atomic E-state index is -0.799. The van der Waals surface area contributed by atoms with Crippen LogP contribution >= 0.6 is 0 Å². The van der Waals surface area contributed by atoms with Gasteiger partial charge in [-0.2, -0.15) is 0 Å². The zero-order valence-corrected chi connectivity index (χ0v) is 31.1. The van der Waals surface area contributed by atoms with Crippen molar-refractivity contribution in [1.29, 1.82) is 0 Å². The second-order valence-electron chi connectivity index (χ2n) is 13.6. The Balaban J connectivity index is 3.65. The van der Waals surface area contributed by atoms with Crippen LogP contribution in [-0.2, 0) is 19.1 Å². The lowest BCUT2D eigenvalue weighted by molar-refractivity contribution is -0.161. The number of carbonyl (C=O) groups excluding carboxylic acids is 2. The van der Waals surface area contributed by atoms with E-state index in [0.29, 0.717) is 25.9 Å². The SMILES string of the molecule is CC(C)CCCCCCCCCCCCCCCC(=O)O[C@@H](CO)COC(=O)CCC/C=C\C/C=C\C/C=C\C/C=C\CCCCCO. The van der Waals surface area contributed by atoms with Crippen molar-refractivity contribution in [3.05, 3.63) is 48.6 Å². The van der Waals surface area contributed by atoms with Gasteiger partial charge in [-0.1, -0.05) is 152 Å². The molecule has 0 saturated heterocycles. The molecule has 0 radical (unpaired) electrons. The van der Waals surface area contributed by atoms with E-state index in [1.165, 1.54) is 70.6 Å². The normalized spacial score (nSPS) is 12.8. The second kappa shape index (κ2) is 37.6. The average molecular weight is 675 g/mol. The molecule has 0 aliphatic rings. The third-order valence-corrected chi connectivity index (χ3v) is 8.36. The predicted molar refractivity (Wildman–Crippen MR) is 202 cm³/mol. The number of unbranched alkanes of at least 4 members (excludes halogenated alkanes) is 16. The van der Waals surface area contributed by atoms with E-state index in [-0.39, 0.29) is 25.2 Å². The number of rotatable bonds is 35. The molecule has 1 atom stereocenters. The summed E-state index contributed by atoms with van der Waals surface area (Å²) in [7, 11) is 0. The van der Waals surface area contributed by atoms with E-state index < -0.39 is 6.10 Å². The molecule has 0 aromatic carbocycles. The summed E-state index contributed by atoms with van der Waals surface area (Å²) in [5.74, 6) is 0.170. The van der Waals surface area contributed by atoms with Crippen LogP contribution in [-0.4, -0.2) is 48.1 Å². The van der Waals surface area contributed by atoms with Crippen LogP contribution in [0.5, 0.6) is 0 Å². The molecule has 0 rings (SSSR count). The van der Waals surface area contributed by atoms with Crippen LogP contribution in [0.2, 0.25) is 0 Å². The van der Waals surface area contributed by atoms with Crippen molar-refractivity contribution >= 4 is 11.9 Å². The molecule has 0 bridgehead atoms. The molecule has 0 saturated carbocycles. The van der Waals surface area contributed by atoms with Gasteiger partial charge in [0.15, 0.2) is 6.10 Å². The van der Waals surface area contributed by atoms with Gasteiger partial charge in [-0.3, -0.25) is 9.59 Å². The minimum Gasteiger partial charge on any atom is -0.462 e. The molecule has 278 valence electrons. The molecule has 0 unspecified atom stereocenters. The monoisotopic (exact) mass is 675 g/mol. The molecular formula is C42H74O6. The van der Waals surface area contributed by atoms with Crippen molar-refractivity contribution < 1.29 is 29.3 Å². The van der Waals surface area contributed by atoms with Gasteiger partial charge in [0.25, 0.3) is 0 Å². The van der Waals surface area contributed by atoms with E-state index in [1.807, 2.05) is 0 Å². The molecule has 6 heteroatoms. The lowest BCUT2D eigenvalue weighted by Crippen LogP contribution is -2.28. The number of hydrogen-bond donors (Lipinski definition) is 2. The fraction of sp³-hybridized carbons (Fsp3) is 0.762. The predicted octanol–water partition coefficient (Wildman–Crippen LogP) is 11.1. The van der Waals surface area contributed by atoms with Gasteiger partial charge in [-0.25, -0.2) is 0 Å². The lowest BCUT2D eigenvalue weighted by Gasteiger charge is -2.15. The summed E-state index contributed by atoms with van der Waals surface area (Å²) < 4.78 is 10.6. The molecule has 6 nitrogen and oxygen atoms in total. The van der Waals surface area contributed by atoms with E-state index >= 15 is 0 Å². The molecular weight excluding hydrogens is 600 g/mol. The molecule has 0 fully saturated rings. The van der Waals surface area contributed by atoms with E-state index in [1.54, 1.807) is 0 Å². The van der Waals surface area contributed by atoms with Gasteiger partial charge >= 0.3 is 11.9 Å². The largest absolute Gasteiger partial charge is 0.462 e. The third-order valence-electron chi connectivity index (χ3n) is 8.36. The molecule has 0 aliphatic carbocycles. The lowest BCUT2D eigenvalue weighted by atomic mass is 10.0. The standard InChI is InChI=1S/C42H74O6/c1-39(2)33-29-25-21-17-13-9-8-11-15-19-23-27-31-35-42(46)48-40(37-44)38-47-41(45)34-30-26-22-18-14-10-6-4-3-5-7-12-16-20-24-28-32-36-43/h3,5-6,10,12,16,18,22,39-40,43-44H,4,7-9,11,13-15,17,19-21,23-38H2,1-2H3/b5-3-,10-6-,16-12-,22-18-/t40-/m0/s1. The van der Waals surface area contributed by atoms with E-state index in [9.17, 15) is 14.7 Å². The Morgan fingerprint density at radius 2 is 0.958 bits per heavy atom. The van der Waals surface area contributed by atoms with Crippen LogP contribution in [0.3, 0.4) is 0 Å². The molecule has 48 heavy (non-hydrogen) atoms. The highest BCUT2D eigenvalue weighted by Crippen LogP contribution is 2.15. The maximum atomic E-state index is 12.2. The topological polar surface area (TPSA) is 93.1 Å². The number of esters is 2. The van der Waals surface area contributed by atoms with Crippen molar-refractivity contribution in [3.8, 4) is 0 Å². The van der Waals surface area contributed by atoms with E-state index in [2.05, 4.69) is 62.5 Å². The number of allylic oxidation sites excluding steroid dienone is 8. The first-order valence-corrected chi connectivity index (χ1v) is 19.7. The molecule has 0 spiro atoms. The van der Waals surface area contributed by atoms with Crippen LogP contribution < -0.4 is 0 Å². The highest BCUT2D eigenvalue weighted by atomic mass is 16.6. The number of aliphatic hydroxyl groups excluding tert-OH is 2. The smallest absolute Gasteiger partial charge is 0.306 e. The van der Waals surface area contributed by atoms with Gasteiger partial charge in [-0.15, -0.1) is 0 Å². The summed E-state index contributed by atoms with van der Waals surface area (Å²) in [4.78, 5) is 24.2. The molecule has 0 aromatic rings. The molecule has 0 amide bonds. The summed E-state index contributed by atoms with van der Waals surface area (Å²) in [6, 6.07) is 0. The van der Waals surface area contributed by atoms with Crippen LogP contribution in [0.1, 0.15) is 174 Å². The first kappa shape index (κ1) is 45.8. The summed E-state index contributed by atoms with van der Waals surface area (Å²) in [6.07, 6.45) is 43.3. The summed E-state index contributed by atoms with van der Waals surface area (Å²) in [6.45, 7) is 4.45. The van der Waals surface area contributed by atoms with E-state index in [0.717, 1.165) is 76.5 Å². The molecule has 0 aliphatic heterocycles. The summed E-state index contributed by atoms with van der Waals surface area (Å²) in [5.41, 5.74) is 0. The first-order chi connectivity index (χ1) is 23.5. The van der Waals surface area contributed by atoms with E-state index in [4.69, 9.17) is 14.6 Å². The van der Waals surface area contributed by atoms with Crippen LogP contribution in [0.4, 0.5) is 0 Å². The molecule has 0 heterocycles. The minimum absolute atomic E-state index is 0.101.